The minimum absolute atomic E-state index is 0.0480. The maximum atomic E-state index is 12.4. The summed E-state index contributed by atoms with van der Waals surface area (Å²) in [5.41, 5.74) is 13.3. The van der Waals surface area contributed by atoms with E-state index in [9.17, 15) is 13.2 Å². The van der Waals surface area contributed by atoms with E-state index in [-0.39, 0.29) is 11.3 Å². The largest absolute Gasteiger partial charge is 0.480 e. The third-order valence-corrected chi connectivity index (χ3v) is 4.91. The van der Waals surface area contributed by atoms with Gasteiger partial charge in [-0.1, -0.05) is 12.1 Å². The SMILES string of the molecule is Cc1ccc(NS(=O)(=O)c2cccc(N)c2)cc1C[C@H](N)C(=O)O. The average molecular weight is 349 g/mol. The van der Waals surface area contributed by atoms with Crippen LogP contribution >= 0.6 is 0 Å². The molecule has 0 unspecified atom stereocenters. The Labute approximate surface area is 140 Å². The number of carbonyl (C=O) groups is 1. The number of sulfonamides is 1. The second-order valence-electron chi connectivity index (χ2n) is 5.47. The lowest BCUT2D eigenvalue weighted by Crippen LogP contribution is -2.32. The summed E-state index contributed by atoms with van der Waals surface area (Å²) in [6, 6.07) is 9.79. The van der Waals surface area contributed by atoms with Crippen molar-refractivity contribution in [2.45, 2.75) is 24.3 Å². The van der Waals surface area contributed by atoms with Crippen LogP contribution in [0.5, 0.6) is 0 Å². The first-order valence-electron chi connectivity index (χ1n) is 7.15. The lowest BCUT2D eigenvalue weighted by atomic mass is 10.0. The molecule has 0 aliphatic carbocycles. The smallest absolute Gasteiger partial charge is 0.320 e. The van der Waals surface area contributed by atoms with Gasteiger partial charge in [-0.2, -0.15) is 0 Å². The normalized spacial score (nSPS) is 12.6. The number of aliphatic carboxylic acids is 1. The van der Waals surface area contributed by atoms with Crippen molar-refractivity contribution in [1.29, 1.82) is 0 Å². The second-order valence-corrected chi connectivity index (χ2v) is 7.15. The molecule has 6 N–H and O–H groups in total. The molecule has 0 spiro atoms. The van der Waals surface area contributed by atoms with E-state index in [0.29, 0.717) is 16.9 Å². The highest BCUT2D eigenvalue weighted by Crippen LogP contribution is 2.21. The quantitative estimate of drug-likeness (QED) is 0.581. The van der Waals surface area contributed by atoms with Gasteiger partial charge in [0, 0.05) is 11.4 Å². The van der Waals surface area contributed by atoms with Crippen LogP contribution in [-0.2, 0) is 21.2 Å². The molecule has 0 radical (unpaired) electrons. The zero-order chi connectivity index (χ0) is 17.9. The fourth-order valence-electron chi connectivity index (χ4n) is 2.17. The van der Waals surface area contributed by atoms with Crippen LogP contribution < -0.4 is 16.2 Å². The third-order valence-electron chi connectivity index (χ3n) is 3.53. The minimum atomic E-state index is -3.79. The van der Waals surface area contributed by atoms with Gasteiger partial charge in [0.2, 0.25) is 0 Å². The molecule has 0 aliphatic rings. The zero-order valence-electron chi connectivity index (χ0n) is 13.1. The summed E-state index contributed by atoms with van der Waals surface area (Å²) in [6.07, 6.45) is 0.106. The molecular formula is C16H19N3O4S. The van der Waals surface area contributed by atoms with Crippen molar-refractivity contribution < 1.29 is 18.3 Å². The number of nitrogen functional groups attached to an aromatic ring is 1. The highest BCUT2D eigenvalue weighted by atomic mass is 32.2. The molecule has 1 atom stereocenters. The van der Waals surface area contributed by atoms with Crippen LogP contribution in [0.4, 0.5) is 11.4 Å². The van der Waals surface area contributed by atoms with Gasteiger partial charge in [0.25, 0.3) is 10.0 Å². The fraction of sp³-hybridized carbons (Fsp3) is 0.188. The zero-order valence-corrected chi connectivity index (χ0v) is 13.9. The molecule has 24 heavy (non-hydrogen) atoms. The van der Waals surface area contributed by atoms with Crippen molar-refractivity contribution >= 4 is 27.4 Å². The molecule has 0 aliphatic heterocycles. The van der Waals surface area contributed by atoms with E-state index in [4.69, 9.17) is 16.6 Å². The molecule has 8 heteroatoms. The standard InChI is InChI=1S/C16H19N3O4S/c1-10-5-6-13(7-11(10)8-15(18)16(20)21)19-24(22,23)14-4-2-3-12(17)9-14/h2-7,9,15,19H,8,17-18H2,1H3,(H,20,21)/t15-/m0/s1. The van der Waals surface area contributed by atoms with Crippen LogP contribution in [0.2, 0.25) is 0 Å². The van der Waals surface area contributed by atoms with Gasteiger partial charge in [0.05, 0.1) is 4.90 Å². The topological polar surface area (TPSA) is 136 Å². The first-order chi connectivity index (χ1) is 11.2. The summed E-state index contributed by atoms with van der Waals surface area (Å²) in [7, 11) is -3.79. The van der Waals surface area contributed by atoms with Gasteiger partial charge in [-0.3, -0.25) is 9.52 Å². The Hall–Kier alpha value is -2.58. The van der Waals surface area contributed by atoms with E-state index in [0.717, 1.165) is 5.56 Å². The lowest BCUT2D eigenvalue weighted by Gasteiger charge is -2.13. The minimum Gasteiger partial charge on any atom is -0.480 e. The van der Waals surface area contributed by atoms with E-state index in [1.807, 2.05) is 0 Å². The Morgan fingerprint density at radius 2 is 1.96 bits per heavy atom. The molecule has 0 aromatic heterocycles. The maximum absolute atomic E-state index is 12.4. The highest BCUT2D eigenvalue weighted by Gasteiger charge is 2.17. The van der Waals surface area contributed by atoms with Crippen molar-refractivity contribution in [3.8, 4) is 0 Å². The summed E-state index contributed by atoms with van der Waals surface area (Å²) in [5.74, 6) is -1.11. The number of anilines is 2. The van der Waals surface area contributed by atoms with Crippen molar-refractivity contribution in [2.75, 3.05) is 10.5 Å². The maximum Gasteiger partial charge on any atom is 0.320 e. The van der Waals surface area contributed by atoms with Crippen molar-refractivity contribution in [2.24, 2.45) is 5.73 Å². The van der Waals surface area contributed by atoms with Gasteiger partial charge in [0.1, 0.15) is 6.04 Å². The molecular weight excluding hydrogens is 330 g/mol. The predicted molar refractivity (Wildman–Crippen MR) is 92.2 cm³/mol. The molecule has 0 bridgehead atoms. The summed E-state index contributed by atoms with van der Waals surface area (Å²) < 4.78 is 27.3. The van der Waals surface area contributed by atoms with Gasteiger partial charge < -0.3 is 16.6 Å². The average Bonchev–Trinajstić information content (AvgIpc) is 2.50. The number of hydrogen-bond donors (Lipinski definition) is 4. The molecule has 0 saturated carbocycles. The van der Waals surface area contributed by atoms with E-state index < -0.39 is 22.0 Å². The molecule has 2 rings (SSSR count). The van der Waals surface area contributed by atoms with E-state index >= 15 is 0 Å². The summed E-state index contributed by atoms with van der Waals surface area (Å²) in [6.45, 7) is 1.81. The number of nitrogens with one attached hydrogen (secondary N) is 1. The van der Waals surface area contributed by atoms with Gasteiger partial charge in [-0.25, -0.2) is 8.42 Å². The van der Waals surface area contributed by atoms with Crippen LogP contribution in [-0.4, -0.2) is 25.5 Å². The molecule has 2 aromatic carbocycles. The number of carboxylic acids is 1. The van der Waals surface area contributed by atoms with Crippen LogP contribution in [0.1, 0.15) is 11.1 Å². The number of rotatable bonds is 6. The lowest BCUT2D eigenvalue weighted by molar-refractivity contribution is -0.138. The number of carboxylic acid groups (broad SMARTS) is 1. The number of nitrogens with two attached hydrogens (primary N) is 2. The van der Waals surface area contributed by atoms with Gasteiger partial charge >= 0.3 is 5.97 Å². The van der Waals surface area contributed by atoms with Gasteiger partial charge in [-0.15, -0.1) is 0 Å². The Morgan fingerprint density at radius 3 is 2.58 bits per heavy atom. The van der Waals surface area contributed by atoms with Gasteiger partial charge in [0.15, 0.2) is 0 Å². The molecule has 2 aromatic rings. The molecule has 0 saturated heterocycles. The van der Waals surface area contributed by atoms with Crippen LogP contribution in [0.3, 0.4) is 0 Å². The Morgan fingerprint density at radius 1 is 1.25 bits per heavy atom. The number of benzene rings is 2. The Kier molecular flexibility index (Phi) is 5.10. The highest BCUT2D eigenvalue weighted by molar-refractivity contribution is 7.92. The van der Waals surface area contributed by atoms with Crippen LogP contribution in [0.15, 0.2) is 47.4 Å². The Balaban J connectivity index is 2.28. The van der Waals surface area contributed by atoms with Crippen LogP contribution in [0, 0.1) is 6.92 Å². The first kappa shape index (κ1) is 17.8. The predicted octanol–water partition coefficient (Wildman–Crippen LogP) is 1.33. The molecule has 7 nitrogen and oxygen atoms in total. The summed E-state index contributed by atoms with van der Waals surface area (Å²) >= 11 is 0. The van der Waals surface area contributed by atoms with Crippen molar-refractivity contribution in [3.05, 3.63) is 53.6 Å². The third kappa shape index (κ3) is 4.24. The summed E-state index contributed by atoms with van der Waals surface area (Å²) in [4.78, 5) is 10.9. The number of aryl methyl sites for hydroxylation is 1. The number of hydrogen-bond acceptors (Lipinski definition) is 5. The van der Waals surface area contributed by atoms with Crippen LogP contribution in [0.25, 0.3) is 0 Å². The van der Waals surface area contributed by atoms with E-state index in [1.165, 1.54) is 12.1 Å². The van der Waals surface area contributed by atoms with E-state index in [2.05, 4.69) is 4.72 Å². The molecule has 0 heterocycles. The molecule has 0 fully saturated rings. The van der Waals surface area contributed by atoms with Crippen molar-refractivity contribution in [3.63, 3.8) is 0 Å². The summed E-state index contributed by atoms with van der Waals surface area (Å²) in [5, 5.41) is 8.92. The second kappa shape index (κ2) is 6.90. The van der Waals surface area contributed by atoms with Crippen molar-refractivity contribution in [1.82, 2.24) is 0 Å². The fourth-order valence-corrected chi connectivity index (χ4v) is 3.28. The molecule has 128 valence electrons. The van der Waals surface area contributed by atoms with Gasteiger partial charge in [-0.05, 0) is 54.8 Å². The van der Waals surface area contributed by atoms with E-state index in [1.54, 1.807) is 37.3 Å². The monoisotopic (exact) mass is 349 g/mol. The first-order valence-corrected chi connectivity index (χ1v) is 8.63. The Bertz CT molecular complexity index is 865. The molecule has 0 amide bonds.